The van der Waals surface area contributed by atoms with E-state index < -0.39 is 0 Å². The number of nitrogens with zero attached hydrogens (tertiary/aromatic N) is 1. The fourth-order valence-electron chi connectivity index (χ4n) is 2.60. The average Bonchev–Trinajstić information content (AvgIpc) is 2.98. The van der Waals surface area contributed by atoms with E-state index in [1.807, 2.05) is 17.6 Å². The summed E-state index contributed by atoms with van der Waals surface area (Å²) in [6.07, 6.45) is 2.97. The molecule has 1 aliphatic carbocycles. The number of nitrogens with one attached hydrogen (secondary N) is 1. The number of thiazole rings is 1. The van der Waals surface area contributed by atoms with E-state index in [-0.39, 0.29) is 6.10 Å². The predicted molar refractivity (Wildman–Crippen MR) is 75.9 cm³/mol. The molecular weight excluding hydrogens is 246 g/mol. The topological polar surface area (TPSA) is 71.2 Å². The van der Waals surface area contributed by atoms with Gasteiger partial charge in [-0.3, -0.25) is 0 Å². The van der Waals surface area contributed by atoms with Gasteiger partial charge in [-0.2, -0.15) is 0 Å². The lowest BCUT2D eigenvalue weighted by Crippen LogP contribution is -2.22. The van der Waals surface area contributed by atoms with Crippen LogP contribution in [0.25, 0.3) is 10.2 Å². The monoisotopic (exact) mass is 263 g/mol. The van der Waals surface area contributed by atoms with Crippen molar-refractivity contribution in [3.8, 4) is 0 Å². The summed E-state index contributed by atoms with van der Waals surface area (Å²) in [5.74, 6) is 0.343. The number of nitrogens with two attached hydrogens (primary N) is 1. The number of anilines is 2. The molecule has 0 radical (unpaired) electrons. The molecule has 1 fully saturated rings. The van der Waals surface area contributed by atoms with Crippen molar-refractivity contribution in [3.05, 3.63) is 17.6 Å². The lowest BCUT2D eigenvalue weighted by atomic mass is 10.1. The van der Waals surface area contributed by atoms with E-state index >= 15 is 0 Å². The van der Waals surface area contributed by atoms with Gasteiger partial charge in [0.1, 0.15) is 5.52 Å². The summed E-state index contributed by atoms with van der Waals surface area (Å²) in [4.78, 5) is 4.28. The molecule has 96 valence electrons. The lowest BCUT2D eigenvalue weighted by molar-refractivity contribution is 0.138. The number of benzene rings is 1. The molecular formula is C13H17N3OS. The molecule has 3 rings (SSSR count). The van der Waals surface area contributed by atoms with Gasteiger partial charge in [-0.1, -0.05) is 6.42 Å². The third-order valence-electron chi connectivity index (χ3n) is 3.72. The van der Waals surface area contributed by atoms with E-state index in [4.69, 9.17) is 5.73 Å². The zero-order chi connectivity index (χ0) is 12.5. The molecule has 4 N–H and O–H groups in total. The number of aliphatic hydroxyl groups is 1. The van der Waals surface area contributed by atoms with Crippen molar-refractivity contribution in [2.45, 2.75) is 25.4 Å². The van der Waals surface area contributed by atoms with Crippen LogP contribution < -0.4 is 11.1 Å². The van der Waals surface area contributed by atoms with E-state index in [0.717, 1.165) is 41.7 Å². The average molecular weight is 263 g/mol. The van der Waals surface area contributed by atoms with Crippen molar-refractivity contribution in [1.29, 1.82) is 0 Å². The molecule has 1 aromatic carbocycles. The first-order valence-corrected chi connectivity index (χ1v) is 7.17. The number of nitrogen functional groups attached to an aromatic ring is 1. The van der Waals surface area contributed by atoms with Crippen LogP contribution in [-0.2, 0) is 0 Å². The number of rotatable bonds is 3. The third kappa shape index (κ3) is 2.04. The Labute approximate surface area is 110 Å². The molecule has 1 aromatic heterocycles. The Morgan fingerprint density at radius 3 is 3.11 bits per heavy atom. The highest BCUT2D eigenvalue weighted by atomic mass is 32.1. The van der Waals surface area contributed by atoms with E-state index in [1.165, 1.54) is 0 Å². The fourth-order valence-corrected chi connectivity index (χ4v) is 3.30. The Bertz CT molecular complexity index is 554. The summed E-state index contributed by atoms with van der Waals surface area (Å²) in [5, 5.41) is 13.1. The molecule has 0 spiro atoms. The van der Waals surface area contributed by atoms with Crippen LogP contribution in [0.1, 0.15) is 19.3 Å². The Morgan fingerprint density at radius 2 is 2.33 bits per heavy atom. The minimum atomic E-state index is -0.165. The Kier molecular flexibility index (Phi) is 3.09. The molecule has 2 unspecified atom stereocenters. The Hall–Kier alpha value is -1.33. The maximum absolute atomic E-state index is 9.79. The van der Waals surface area contributed by atoms with E-state index in [9.17, 15) is 5.11 Å². The predicted octanol–water partition coefficient (Wildman–Crippen LogP) is 2.45. The second kappa shape index (κ2) is 4.74. The van der Waals surface area contributed by atoms with Crippen molar-refractivity contribution in [1.82, 2.24) is 4.98 Å². The maximum atomic E-state index is 9.79. The number of aromatic nitrogens is 1. The number of hydrogen-bond donors (Lipinski definition) is 3. The van der Waals surface area contributed by atoms with Crippen LogP contribution in [0.3, 0.4) is 0 Å². The van der Waals surface area contributed by atoms with Crippen LogP contribution in [0.15, 0.2) is 17.6 Å². The number of hydrogen-bond acceptors (Lipinski definition) is 5. The molecule has 2 aromatic rings. The van der Waals surface area contributed by atoms with Gasteiger partial charge in [0.2, 0.25) is 0 Å². The lowest BCUT2D eigenvalue weighted by Gasteiger charge is -2.17. The fraction of sp³-hybridized carbons (Fsp3) is 0.462. The van der Waals surface area contributed by atoms with Crippen molar-refractivity contribution in [2.75, 3.05) is 17.6 Å². The third-order valence-corrected chi connectivity index (χ3v) is 4.51. The van der Waals surface area contributed by atoms with Crippen molar-refractivity contribution in [2.24, 2.45) is 5.92 Å². The molecule has 0 bridgehead atoms. The van der Waals surface area contributed by atoms with E-state index in [1.54, 1.807) is 11.3 Å². The van der Waals surface area contributed by atoms with Crippen LogP contribution in [0, 0.1) is 5.92 Å². The van der Waals surface area contributed by atoms with Gasteiger partial charge >= 0.3 is 0 Å². The zero-order valence-electron chi connectivity index (χ0n) is 10.1. The minimum Gasteiger partial charge on any atom is -0.395 e. The minimum absolute atomic E-state index is 0.165. The van der Waals surface area contributed by atoms with E-state index in [0.29, 0.717) is 11.6 Å². The van der Waals surface area contributed by atoms with Crippen molar-refractivity contribution in [3.63, 3.8) is 0 Å². The molecule has 0 amide bonds. The van der Waals surface area contributed by atoms with Gasteiger partial charge in [-0.05, 0) is 25.0 Å². The number of fused-ring (bicyclic) bond motifs is 1. The Morgan fingerprint density at radius 1 is 1.44 bits per heavy atom. The quantitative estimate of drug-likeness (QED) is 0.744. The van der Waals surface area contributed by atoms with Crippen LogP contribution in [-0.4, -0.2) is 22.7 Å². The first-order chi connectivity index (χ1) is 8.75. The summed E-state index contributed by atoms with van der Waals surface area (Å²) in [7, 11) is 0. The molecule has 2 atom stereocenters. The van der Waals surface area contributed by atoms with Crippen LogP contribution >= 0.6 is 11.3 Å². The molecule has 1 aliphatic rings. The first-order valence-electron chi connectivity index (χ1n) is 6.29. The maximum Gasteiger partial charge on any atom is 0.106 e. The standard InChI is InChI=1S/C13H17N3OS/c14-12-9(4-5-11-13(12)16-7-18-11)15-6-8-2-1-3-10(8)17/h4-5,7-8,10,15,17H,1-3,6,14H2. The highest BCUT2D eigenvalue weighted by Crippen LogP contribution is 2.31. The molecule has 1 heterocycles. The summed E-state index contributed by atoms with van der Waals surface area (Å²) in [6.45, 7) is 0.779. The zero-order valence-corrected chi connectivity index (χ0v) is 10.9. The smallest absolute Gasteiger partial charge is 0.106 e. The molecule has 1 saturated carbocycles. The first kappa shape index (κ1) is 11.7. The molecule has 0 aliphatic heterocycles. The van der Waals surface area contributed by atoms with Crippen LogP contribution in [0.4, 0.5) is 11.4 Å². The summed E-state index contributed by atoms with van der Waals surface area (Å²) in [5.41, 5.74) is 10.4. The van der Waals surface area contributed by atoms with Gasteiger partial charge in [0.25, 0.3) is 0 Å². The summed E-state index contributed by atoms with van der Waals surface area (Å²) >= 11 is 1.60. The van der Waals surface area contributed by atoms with Gasteiger partial charge in [-0.15, -0.1) is 11.3 Å². The molecule has 18 heavy (non-hydrogen) atoms. The van der Waals surface area contributed by atoms with Gasteiger partial charge in [0.05, 0.1) is 27.7 Å². The summed E-state index contributed by atoms with van der Waals surface area (Å²) in [6, 6.07) is 4.04. The van der Waals surface area contributed by atoms with Crippen molar-refractivity contribution >= 4 is 32.9 Å². The number of aliphatic hydroxyl groups excluding tert-OH is 1. The highest BCUT2D eigenvalue weighted by molar-refractivity contribution is 7.16. The van der Waals surface area contributed by atoms with Crippen molar-refractivity contribution < 1.29 is 5.11 Å². The highest BCUT2D eigenvalue weighted by Gasteiger charge is 2.24. The van der Waals surface area contributed by atoms with E-state index in [2.05, 4.69) is 10.3 Å². The second-order valence-electron chi connectivity index (χ2n) is 4.87. The Balaban J connectivity index is 1.76. The van der Waals surface area contributed by atoms with Gasteiger partial charge in [0, 0.05) is 12.5 Å². The normalized spacial score (nSPS) is 23.6. The van der Waals surface area contributed by atoms with Crippen LogP contribution in [0.5, 0.6) is 0 Å². The molecule has 0 saturated heterocycles. The van der Waals surface area contributed by atoms with Crippen LogP contribution in [0.2, 0.25) is 0 Å². The molecule has 5 heteroatoms. The largest absolute Gasteiger partial charge is 0.395 e. The summed E-state index contributed by atoms with van der Waals surface area (Å²) < 4.78 is 1.11. The van der Waals surface area contributed by atoms with Gasteiger partial charge in [0.15, 0.2) is 0 Å². The SMILES string of the molecule is Nc1c(NCC2CCCC2O)ccc2scnc12. The van der Waals surface area contributed by atoms with Gasteiger partial charge < -0.3 is 16.2 Å². The second-order valence-corrected chi connectivity index (χ2v) is 5.75. The van der Waals surface area contributed by atoms with Gasteiger partial charge in [-0.25, -0.2) is 4.98 Å². The molecule has 4 nitrogen and oxygen atoms in total.